The molecule has 0 aliphatic carbocycles. The van der Waals surface area contributed by atoms with Crippen molar-refractivity contribution in [1.29, 1.82) is 0 Å². The fraction of sp³-hybridized carbons (Fsp3) is 0.417. The minimum absolute atomic E-state index is 0.0656. The third-order valence-electron chi connectivity index (χ3n) is 5.45. The van der Waals surface area contributed by atoms with Crippen molar-refractivity contribution in [3.63, 3.8) is 0 Å². The minimum atomic E-state index is -0.767. The van der Waals surface area contributed by atoms with Crippen LogP contribution in [0.4, 0.5) is 10.5 Å². The summed E-state index contributed by atoms with van der Waals surface area (Å²) in [6, 6.07) is 11.5. The standard InChI is InChI=1S/C24H29ClN3O6/c1-24(2,3)34-23(30)27-12-11-26(21(15-27)22(29)33-4)14-18-13-17(7-10-20(18)28(31)32)16-5-8-19(25)9-6-16/h5-10,13,21,31H,11-12,14-15H2,1-4H3/q-1. The van der Waals surface area contributed by atoms with E-state index in [0.29, 0.717) is 23.7 Å². The van der Waals surface area contributed by atoms with Crippen LogP contribution >= 0.6 is 11.6 Å². The second-order valence-corrected chi connectivity index (χ2v) is 9.50. The summed E-state index contributed by atoms with van der Waals surface area (Å²) in [4.78, 5) is 28.4. The van der Waals surface area contributed by atoms with E-state index in [0.717, 1.165) is 11.1 Å². The number of piperazine rings is 1. The molecule has 34 heavy (non-hydrogen) atoms. The Morgan fingerprint density at radius 2 is 1.79 bits per heavy atom. The number of esters is 1. The number of halogens is 1. The smallest absolute Gasteiger partial charge is 0.410 e. The van der Waals surface area contributed by atoms with Crippen LogP contribution in [-0.4, -0.2) is 65.5 Å². The highest BCUT2D eigenvalue weighted by Gasteiger charge is 2.37. The number of benzene rings is 2. The van der Waals surface area contributed by atoms with Crippen LogP contribution in [-0.2, 0) is 20.8 Å². The van der Waals surface area contributed by atoms with Gasteiger partial charge in [-0.1, -0.05) is 29.8 Å². The number of amides is 1. The third kappa shape index (κ3) is 6.38. The van der Waals surface area contributed by atoms with Crippen LogP contribution < -0.4 is 5.23 Å². The van der Waals surface area contributed by atoms with Crippen molar-refractivity contribution in [3.8, 4) is 11.1 Å². The highest BCUT2D eigenvalue weighted by atomic mass is 35.5. The third-order valence-corrected chi connectivity index (χ3v) is 5.70. The first-order valence-corrected chi connectivity index (χ1v) is 11.2. The second kappa shape index (κ2) is 10.6. The number of rotatable bonds is 5. The Balaban J connectivity index is 1.87. The van der Waals surface area contributed by atoms with Crippen LogP contribution in [0.3, 0.4) is 0 Å². The van der Waals surface area contributed by atoms with E-state index in [1.165, 1.54) is 18.1 Å². The molecule has 3 rings (SSSR count). The monoisotopic (exact) mass is 490 g/mol. The van der Waals surface area contributed by atoms with Gasteiger partial charge in [0.05, 0.1) is 19.3 Å². The number of ether oxygens (including phenoxy) is 2. The molecule has 0 saturated carbocycles. The largest absolute Gasteiger partial charge is 0.733 e. The number of nitrogens with zero attached hydrogens (tertiary/aromatic N) is 3. The average molecular weight is 491 g/mol. The quantitative estimate of drug-likeness (QED) is 0.488. The van der Waals surface area contributed by atoms with Gasteiger partial charge < -0.3 is 24.8 Å². The molecule has 0 aromatic heterocycles. The van der Waals surface area contributed by atoms with Gasteiger partial charge in [0.1, 0.15) is 11.6 Å². The molecule has 1 heterocycles. The molecule has 1 aliphatic heterocycles. The zero-order valence-corrected chi connectivity index (χ0v) is 20.4. The predicted molar refractivity (Wildman–Crippen MR) is 129 cm³/mol. The molecule has 0 spiro atoms. The molecule has 1 unspecified atom stereocenters. The molecule has 0 bridgehead atoms. The van der Waals surface area contributed by atoms with E-state index in [-0.39, 0.29) is 24.0 Å². The first-order valence-electron chi connectivity index (χ1n) is 10.8. The minimum Gasteiger partial charge on any atom is -0.733 e. The molecule has 1 amide bonds. The van der Waals surface area contributed by atoms with E-state index in [1.54, 1.807) is 45.0 Å². The van der Waals surface area contributed by atoms with E-state index >= 15 is 0 Å². The van der Waals surface area contributed by atoms with Crippen LogP contribution in [0.25, 0.3) is 11.1 Å². The van der Waals surface area contributed by atoms with Gasteiger partial charge in [0.2, 0.25) is 0 Å². The van der Waals surface area contributed by atoms with E-state index in [9.17, 15) is 20.0 Å². The van der Waals surface area contributed by atoms with Gasteiger partial charge >= 0.3 is 12.1 Å². The molecule has 1 saturated heterocycles. The van der Waals surface area contributed by atoms with Crippen molar-refractivity contribution in [2.75, 3.05) is 32.0 Å². The normalized spacial score (nSPS) is 16.8. The lowest BCUT2D eigenvalue weighted by atomic mass is 10.0. The van der Waals surface area contributed by atoms with Gasteiger partial charge in [-0.25, -0.2) is 4.79 Å². The van der Waals surface area contributed by atoms with Crippen LogP contribution in [0.1, 0.15) is 26.3 Å². The van der Waals surface area contributed by atoms with Gasteiger partial charge in [-0.15, -0.1) is 0 Å². The number of carbonyl (C=O) groups is 2. The highest BCUT2D eigenvalue weighted by Crippen LogP contribution is 2.30. The Morgan fingerprint density at radius 1 is 1.15 bits per heavy atom. The molecular weight excluding hydrogens is 462 g/mol. The maximum Gasteiger partial charge on any atom is 0.410 e. The molecule has 2 aromatic carbocycles. The lowest BCUT2D eigenvalue weighted by Crippen LogP contribution is -2.58. The highest BCUT2D eigenvalue weighted by molar-refractivity contribution is 6.30. The molecule has 1 fully saturated rings. The molecule has 1 aliphatic rings. The fourth-order valence-corrected chi connectivity index (χ4v) is 3.93. The summed E-state index contributed by atoms with van der Waals surface area (Å²) >= 11 is 5.99. The van der Waals surface area contributed by atoms with Gasteiger partial charge in [0.25, 0.3) is 0 Å². The first kappa shape index (κ1) is 25.8. The Labute approximate surface area is 203 Å². The predicted octanol–water partition coefficient (Wildman–Crippen LogP) is 4.29. The number of carbonyl (C=O) groups excluding carboxylic acids is 2. The molecule has 10 heteroatoms. The maximum absolute atomic E-state index is 12.6. The van der Waals surface area contributed by atoms with Crippen molar-refractivity contribution in [1.82, 2.24) is 9.80 Å². The average Bonchev–Trinajstić information content (AvgIpc) is 2.78. The summed E-state index contributed by atoms with van der Waals surface area (Å²) in [7, 11) is 1.28. The Bertz CT molecular complexity index is 1020. The van der Waals surface area contributed by atoms with E-state index in [4.69, 9.17) is 21.1 Å². The van der Waals surface area contributed by atoms with Crippen LogP contribution in [0.2, 0.25) is 5.02 Å². The summed E-state index contributed by atoms with van der Waals surface area (Å²) in [5, 5.41) is 21.9. The Hall–Kier alpha value is -2.85. The van der Waals surface area contributed by atoms with Crippen molar-refractivity contribution >= 4 is 29.4 Å². The van der Waals surface area contributed by atoms with Gasteiger partial charge in [0, 0.05) is 24.7 Å². The van der Waals surface area contributed by atoms with E-state index in [2.05, 4.69) is 0 Å². The van der Waals surface area contributed by atoms with Gasteiger partial charge in [0.15, 0.2) is 0 Å². The molecule has 1 atom stereocenters. The molecule has 0 radical (unpaired) electrons. The maximum atomic E-state index is 12.6. The molecule has 1 N–H and O–H groups in total. The molecule has 184 valence electrons. The molecular formula is C24H29ClN3O6-. The van der Waals surface area contributed by atoms with Crippen LogP contribution in [0.15, 0.2) is 42.5 Å². The van der Waals surface area contributed by atoms with Crippen molar-refractivity contribution in [2.45, 2.75) is 39.0 Å². The SMILES string of the molecule is COC(=O)C1CN(C(=O)OC(C)(C)C)CCN1Cc1cc(-c2ccc(Cl)cc2)ccc1N([O-])O. The summed E-state index contributed by atoms with van der Waals surface area (Å²) in [5.41, 5.74) is 1.62. The summed E-state index contributed by atoms with van der Waals surface area (Å²) < 4.78 is 10.4. The topological polar surface area (TPSA) is 106 Å². The van der Waals surface area contributed by atoms with Gasteiger partial charge in [-0.05, 0) is 61.7 Å². The lowest BCUT2D eigenvalue weighted by Gasteiger charge is -2.40. The van der Waals surface area contributed by atoms with Crippen molar-refractivity contribution in [2.24, 2.45) is 0 Å². The number of methoxy groups -OCH3 is 1. The summed E-state index contributed by atoms with van der Waals surface area (Å²) in [6.45, 7) is 6.25. The van der Waals surface area contributed by atoms with E-state index in [1.807, 2.05) is 17.0 Å². The zero-order valence-electron chi connectivity index (χ0n) is 19.7. The summed E-state index contributed by atoms with van der Waals surface area (Å²) in [6.07, 6.45) is -0.507. The summed E-state index contributed by atoms with van der Waals surface area (Å²) in [5.74, 6) is -0.508. The first-order chi connectivity index (χ1) is 16.0. The Kier molecular flexibility index (Phi) is 8.04. The van der Waals surface area contributed by atoms with Crippen molar-refractivity contribution < 1.29 is 24.3 Å². The lowest BCUT2D eigenvalue weighted by molar-refractivity contribution is -0.149. The number of hydrogen-bond donors (Lipinski definition) is 1. The number of anilines is 1. The zero-order chi connectivity index (χ0) is 25.0. The van der Waals surface area contributed by atoms with Crippen molar-refractivity contribution in [3.05, 3.63) is 58.3 Å². The fourth-order valence-electron chi connectivity index (χ4n) is 3.80. The Morgan fingerprint density at radius 3 is 2.38 bits per heavy atom. The van der Waals surface area contributed by atoms with Gasteiger partial charge in [-0.3, -0.25) is 14.9 Å². The molecule has 9 nitrogen and oxygen atoms in total. The second-order valence-electron chi connectivity index (χ2n) is 9.06. The molecule has 2 aromatic rings. The van der Waals surface area contributed by atoms with E-state index < -0.39 is 23.7 Å². The number of hydrogen-bond acceptors (Lipinski definition) is 8. The van der Waals surface area contributed by atoms with Crippen LogP contribution in [0, 0.1) is 5.21 Å². The van der Waals surface area contributed by atoms with Gasteiger partial charge in [-0.2, -0.15) is 0 Å². The van der Waals surface area contributed by atoms with Crippen LogP contribution in [0.5, 0.6) is 0 Å².